The van der Waals surface area contributed by atoms with Crippen LogP contribution in [-0.4, -0.2) is 10.9 Å². The van der Waals surface area contributed by atoms with Gasteiger partial charge in [-0.1, -0.05) is 50.2 Å². The Hall–Kier alpha value is -2.98. The van der Waals surface area contributed by atoms with E-state index in [1.54, 1.807) is 11.3 Å². The lowest BCUT2D eigenvalue weighted by Gasteiger charge is -2.08. The van der Waals surface area contributed by atoms with E-state index in [1.807, 2.05) is 54.6 Å². The van der Waals surface area contributed by atoms with Crippen molar-refractivity contribution in [3.63, 3.8) is 0 Å². The summed E-state index contributed by atoms with van der Waals surface area (Å²) in [6.07, 6.45) is 0.373. The van der Waals surface area contributed by atoms with Crippen LogP contribution in [0.2, 0.25) is 0 Å². The molecule has 0 fully saturated rings. The number of fused-ring (bicyclic) bond motifs is 1. The second kappa shape index (κ2) is 7.95. The summed E-state index contributed by atoms with van der Waals surface area (Å²) in [5, 5.41) is 3.97. The zero-order valence-corrected chi connectivity index (χ0v) is 16.8. The van der Waals surface area contributed by atoms with Crippen LogP contribution in [-0.2, 0) is 11.2 Å². The maximum atomic E-state index is 12.4. The first-order chi connectivity index (χ1) is 13.6. The molecule has 3 aromatic carbocycles. The quantitative estimate of drug-likeness (QED) is 0.439. The number of thiazole rings is 1. The summed E-state index contributed by atoms with van der Waals surface area (Å²) in [5.41, 5.74) is 5.18. The number of amides is 1. The van der Waals surface area contributed by atoms with Crippen molar-refractivity contribution >= 4 is 33.1 Å². The van der Waals surface area contributed by atoms with E-state index in [4.69, 9.17) is 0 Å². The first-order valence-corrected chi connectivity index (χ1v) is 10.2. The van der Waals surface area contributed by atoms with Crippen molar-refractivity contribution < 1.29 is 4.79 Å². The van der Waals surface area contributed by atoms with Crippen LogP contribution in [0.4, 0.5) is 5.69 Å². The predicted octanol–water partition coefficient (Wildman–Crippen LogP) is 6.27. The molecule has 0 saturated heterocycles. The van der Waals surface area contributed by atoms with E-state index in [1.165, 1.54) is 10.3 Å². The van der Waals surface area contributed by atoms with E-state index < -0.39 is 0 Å². The summed E-state index contributed by atoms with van der Waals surface area (Å²) >= 11 is 1.68. The molecule has 1 aromatic heterocycles. The molecule has 0 radical (unpaired) electrons. The molecule has 1 amide bonds. The van der Waals surface area contributed by atoms with Crippen molar-refractivity contribution in [2.45, 2.75) is 26.2 Å². The van der Waals surface area contributed by atoms with Crippen molar-refractivity contribution in [1.82, 2.24) is 4.98 Å². The Kier molecular flexibility index (Phi) is 5.22. The average Bonchev–Trinajstić information content (AvgIpc) is 3.13. The van der Waals surface area contributed by atoms with Gasteiger partial charge in [-0.3, -0.25) is 4.79 Å². The van der Waals surface area contributed by atoms with Gasteiger partial charge in [-0.25, -0.2) is 4.98 Å². The highest BCUT2D eigenvalue weighted by molar-refractivity contribution is 7.21. The van der Waals surface area contributed by atoms with E-state index in [-0.39, 0.29) is 5.91 Å². The van der Waals surface area contributed by atoms with Crippen LogP contribution in [0.15, 0.2) is 72.8 Å². The molecule has 1 heterocycles. The number of carbonyl (C=O) groups excluding carboxylic acids is 1. The average molecular weight is 387 g/mol. The zero-order chi connectivity index (χ0) is 19.5. The van der Waals surface area contributed by atoms with Crippen molar-refractivity contribution in [3.05, 3.63) is 83.9 Å². The zero-order valence-electron chi connectivity index (χ0n) is 16.0. The van der Waals surface area contributed by atoms with Crippen LogP contribution in [0, 0.1) is 0 Å². The van der Waals surface area contributed by atoms with Gasteiger partial charge < -0.3 is 5.32 Å². The minimum absolute atomic E-state index is 0.00923. The number of aromatic nitrogens is 1. The molecule has 0 bridgehead atoms. The fourth-order valence-corrected chi connectivity index (χ4v) is 4.07. The molecule has 4 heteroatoms. The van der Waals surface area contributed by atoms with Crippen LogP contribution >= 0.6 is 11.3 Å². The van der Waals surface area contributed by atoms with E-state index in [0.29, 0.717) is 12.3 Å². The topological polar surface area (TPSA) is 42.0 Å². The number of benzene rings is 3. The molecule has 4 aromatic rings. The van der Waals surface area contributed by atoms with Crippen LogP contribution in [0.3, 0.4) is 0 Å². The smallest absolute Gasteiger partial charge is 0.228 e. The van der Waals surface area contributed by atoms with Crippen LogP contribution in [0.25, 0.3) is 20.8 Å². The molecule has 0 unspecified atom stereocenters. The highest BCUT2D eigenvalue weighted by Gasteiger charge is 2.08. The van der Waals surface area contributed by atoms with Crippen LogP contribution in [0.1, 0.15) is 30.9 Å². The SMILES string of the molecule is CC(C)c1ccc(CC(=O)Nc2ccc(-c3nc4ccccc4s3)cc2)cc1. The molecule has 0 aliphatic rings. The molecule has 0 aliphatic carbocycles. The molecular weight excluding hydrogens is 364 g/mol. The van der Waals surface area contributed by atoms with Gasteiger partial charge in [0.15, 0.2) is 0 Å². The third kappa shape index (κ3) is 4.12. The van der Waals surface area contributed by atoms with Gasteiger partial charge in [0.05, 0.1) is 16.6 Å². The molecule has 1 N–H and O–H groups in total. The first-order valence-electron chi connectivity index (χ1n) is 9.43. The third-order valence-electron chi connectivity index (χ3n) is 4.72. The number of para-hydroxylation sites is 1. The molecule has 0 aliphatic heterocycles. The lowest BCUT2D eigenvalue weighted by atomic mass is 10.0. The summed E-state index contributed by atoms with van der Waals surface area (Å²) in [7, 11) is 0. The van der Waals surface area contributed by atoms with Crippen molar-refractivity contribution in [1.29, 1.82) is 0 Å². The van der Waals surface area contributed by atoms with Gasteiger partial charge in [0.25, 0.3) is 0 Å². The summed E-state index contributed by atoms with van der Waals surface area (Å²) in [6.45, 7) is 4.33. The molecule has 140 valence electrons. The number of nitrogens with one attached hydrogen (secondary N) is 1. The minimum Gasteiger partial charge on any atom is -0.326 e. The number of rotatable bonds is 5. The molecule has 0 saturated carbocycles. The standard InChI is InChI=1S/C24H22N2OS/c1-16(2)18-9-7-17(8-10-18)15-23(27)25-20-13-11-19(12-14-20)24-26-21-5-3-4-6-22(21)28-24/h3-14,16H,15H2,1-2H3,(H,25,27). The van der Waals surface area contributed by atoms with Gasteiger partial charge in [0.1, 0.15) is 5.01 Å². The van der Waals surface area contributed by atoms with Crippen molar-refractivity contribution in [3.8, 4) is 10.6 Å². The summed E-state index contributed by atoms with van der Waals surface area (Å²) in [5.74, 6) is 0.488. The molecular formula is C24H22N2OS. The summed E-state index contributed by atoms with van der Waals surface area (Å²) in [4.78, 5) is 17.0. The Balaban J connectivity index is 1.41. The normalized spacial score (nSPS) is 11.1. The number of anilines is 1. The Labute approximate surface area is 169 Å². The highest BCUT2D eigenvalue weighted by atomic mass is 32.1. The van der Waals surface area contributed by atoms with E-state index >= 15 is 0 Å². The maximum absolute atomic E-state index is 12.4. The van der Waals surface area contributed by atoms with E-state index in [2.05, 4.69) is 42.3 Å². The lowest BCUT2D eigenvalue weighted by molar-refractivity contribution is -0.115. The van der Waals surface area contributed by atoms with Crippen molar-refractivity contribution in [2.24, 2.45) is 0 Å². The highest BCUT2D eigenvalue weighted by Crippen LogP contribution is 2.30. The largest absolute Gasteiger partial charge is 0.326 e. The maximum Gasteiger partial charge on any atom is 0.228 e. The minimum atomic E-state index is -0.00923. The molecule has 0 spiro atoms. The van der Waals surface area contributed by atoms with E-state index in [0.717, 1.165) is 27.3 Å². The third-order valence-corrected chi connectivity index (χ3v) is 5.81. The summed E-state index contributed by atoms with van der Waals surface area (Å²) in [6, 6.07) is 24.3. The Morgan fingerprint density at radius 1 is 0.964 bits per heavy atom. The molecule has 3 nitrogen and oxygen atoms in total. The second-order valence-corrected chi connectivity index (χ2v) is 8.22. The molecule has 28 heavy (non-hydrogen) atoms. The Morgan fingerprint density at radius 2 is 1.68 bits per heavy atom. The van der Waals surface area contributed by atoms with Crippen molar-refractivity contribution in [2.75, 3.05) is 5.32 Å². The number of nitrogens with zero attached hydrogens (tertiary/aromatic N) is 1. The lowest BCUT2D eigenvalue weighted by Crippen LogP contribution is -2.14. The van der Waals surface area contributed by atoms with Crippen LogP contribution in [0.5, 0.6) is 0 Å². The van der Waals surface area contributed by atoms with Gasteiger partial charge in [0.2, 0.25) is 5.91 Å². The summed E-state index contributed by atoms with van der Waals surface area (Å²) < 4.78 is 1.18. The van der Waals surface area contributed by atoms with Crippen LogP contribution < -0.4 is 5.32 Å². The van der Waals surface area contributed by atoms with Gasteiger partial charge in [-0.15, -0.1) is 11.3 Å². The monoisotopic (exact) mass is 386 g/mol. The number of hydrogen-bond donors (Lipinski definition) is 1. The van der Waals surface area contributed by atoms with Gasteiger partial charge in [-0.05, 0) is 53.4 Å². The molecule has 4 rings (SSSR count). The molecule has 0 atom stereocenters. The Bertz CT molecular complexity index is 1060. The van der Waals surface area contributed by atoms with Gasteiger partial charge in [0, 0.05) is 11.3 Å². The fraction of sp³-hybridized carbons (Fsp3) is 0.167. The van der Waals surface area contributed by atoms with Gasteiger partial charge >= 0.3 is 0 Å². The number of carbonyl (C=O) groups is 1. The first kappa shape index (κ1) is 18.4. The van der Waals surface area contributed by atoms with E-state index in [9.17, 15) is 4.79 Å². The number of hydrogen-bond acceptors (Lipinski definition) is 3. The predicted molar refractivity (Wildman–Crippen MR) is 118 cm³/mol. The second-order valence-electron chi connectivity index (χ2n) is 7.19. The van der Waals surface area contributed by atoms with Gasteiger partial charge in [-0.2, -0.15) is 0 Å². The fourth-order valence-electron chi connectivity index (χ4n) is 3.10. The Morgan fingerprint density at radius 3 is 2.36 bits per heavy atom.